The molecule has 3 nitrogen and oxygen atoms in total. The molecule has 39 valence electrons. The molecule has 0 aromatic rings. The van der Waals surface area contributed by atoms with Gasteiger partial charge in [0.2, 0.25) is 0 Å². The molecule has 0 aliphatic carbocycles. The van der Waals surface area contributed by atoms with Crippen molar-refractivity contribution < 1.29 is 28.0 Å². The molecule has 0 saturated carbocycles. The molecule has 0 spiro atoms. The van der Waals surface area contributed by atoms with Crippen molar-refractivity contribution in [2.24, 2.45) is 0 Å². The summed E-state index contributed by atoms with van der Waals surface area (Å²) in [6, 6.07) is 0. The third-order valence-corrected chi connectivity index (χ3v) is 0.561. The molecule has 0 fully saturated rings. The van der Waals surface area contributed by atoms with Gasteiger partial charge in [0, 0.05) is 0 Å². The van der Waals surface area contributed by atoms with Gasteiger partial charge in [-0.3, -0.25) is 0 Å². The van der Waals surface area contributed by atoms with Gasteiger partial charge in [-0.25, -0.2) is 0 Å². The molecule has 0 rings (SSSR count). The van der Waals surface area contributed by atoms with Crippen molar-refractivity contribution in [3.63, 3.8) is 0 Å². The van der Waals surface area contributed by atoms with Gasteiger partial charge in [0.25, 0.3) is 0 Å². The van der Waals surface area contributed by atoms with E-state index < -0.39 is 15.2 Å². The average Bonchev–Trinajstić information content (AvgIpc) is 1.61. The summed E-state index contributed by atoms with van der Waals surface area (Å²) in [5, 5.41) is 7.93. The fraction of sp³-hybridized carbons (Fsp3) is 1.00. The molecule has 0 aromatic carbocycles. The second kappa shape index (κ2) is 5.24. The zero-order chi connectivity index (χ0) is 4.83. The van der Waals surface area contributed by atoms with Gasteiger partial charge in [-0.05, 0) is 0 Å². The predicted octanol–water partition coefficient (Wildman–Crippen LogP) is -0.662. The van der Waals surface area contributed by atoms with Gasteiger partial charge in [0.15, 0.2) is 0 Å². The maximum absolute atomic E-state index is 9.36. The third-order valence-electron chi connectivity index (χ3n) is 0.205. The van der Waals surface area contributed by atoms with Crippen LogP contribution in [0.4, 0.5) is 0 Å². The summed E-state index contributed by atoms with van der Waals surface area (Å²) in [5.74, 6) is 0. The molecule has 0 saturated heterocycles. The topological polar surface area (TPSA) is 46.5 Å². The van der Waals surface area contributed by atoms with Gasteiger partial charge in [-0.1, -0.05) is 0 Å². The first kappa shape index (κ1) is 6.24. The second-order valence-electron chi connectivity index (χ2n) is 0.589. The maximum atomic E-state index is 9.36. The molecule has 0 amide bonds. The Kier molecular flexibility index (Phi) is 5.45. The summed E-state index contributed by atoms with van der Waals surface area (Å²) in [7, 11) is 0. The zero-order valence-electron chi connectivity index (χ0n) is 3.03. The average molecular weight is 133 g/mol. The quantitative estimate of drug-likeness (QED) is 0.410. The van der Waals surface area contributed by atoms with Crippen LogP contribution < -0.4 is 0 Å². The Morgan fingerprint density at radius 2 is 2.50 bits per heavy atom. The van der Waals surface area contributed by atoms with E-state index in [9.17, 15) is 3.83 Å². The predicted molar refractivity (Wildman–Crippen MR) is 13.7 cm³/mol. The summed E-state index contributed by atoms with van der Waals surface area (Å²) < 4.78 is 13.5. The third kappa shape index (κ3) is 4.24. The summed E-state index contributed by atoms with van der Waals surface area (Å²) in [5.41, 5.74) is 0. The molecular weight excluding hydrogens is 128 g/mol. The van der Waals surface area contributed by atoms with E-state index in [2.05, 4.69) is 3.82 Å². The van der Waals surface area contributed by atoms with Gasteiger partial charge in [0.1, 0.15) is 0 Å². The molecule has 0 aromatic heterocycles. The summed E-state index contributed by atoms with van der Waals surface area (Å²) in [6.45, 7) is 0.0890. The number of hydrogen-bond acceptors (Lipinski definition) is 3. The van der Waals surface area contributed by atoms with Crippen molar-refractivity contribution in [2.75, 3.05) is 13.2 Å². The van der Waals surface area contributed by atoms with E-state index in [1.54, 1.807) is 0 Å². The molecule has 0 unspecified atom stereocenters. The Morgan fingerprint density at radius 1 is 1.83 bits per heavy atom. The second-order valence-corrected chi connectivity index (χ2v) is 1.09. The van der Waals surface area contributed by atoms with Gasteiger partial charge in [-0.15, -0.1) is 0 Å². The normalized spacial score (nSPS) is 8.83. The molecule has 1 N–H and O–H groups in total. The molecule has 0 heterocycles. The molecule has 0 bridgehead atoms. The molecule has 6 heavy (non-hydrogen) atoms. The molecule has 4 heteroatoms. The van der Waals surface area contributed by atoms with Crippen LogP contribution in [0.25, 0.3) is 0 Å². The van der Waals surface area contributed by atoms with Crippen LogP contribution in [0.2, 0.25) is 0 Å². The van der Waals surface area contributed by atoms with Crippen LogP contribution in [0, 0.1) is 0 Å². The van der Waals surface area contributed by atoms with Crippen molar-refractivity contribution in [3.05, 3.63) is 0 Å². The standard InChI is InChI=1S/C2H5O2.Fe.O/c3-1-2-4;;/h3H,1-2H2;;/q-1;+1;. The Hall–Kier alpha value is 0.239. The van der Waals surface area contributed by atoms with Gasteiger partial charge in [0.05, 0.1) is 0 Å². The van der Waals surface area contributed by atoms with Crippen molar-refractivity contribution >= 4 is 0 Å². The molecular formula is C2H5FeO3. The van der Waals surface area contributed by atoms with E-state index in [4.69, 9.17) is 5.11 Å². The fourth-order valence-electron chi connectivity index (χ4n) is 0.0617. The molecule has 0 aliphatic rings. The van der Waals surface area contributed by atoms with Crippen LogP contribution >= 0.6 is 0 Å². The molecule has 0 atom stereocenters. The van der Waals surface area contributed by atoms with Crippen LogP contribution in [0.15, 0.2) is 0 Å². The minimum atomic E-state index is -0.555. The van der Waals surface area contributed by atoms with E-state index >= 15 is 0 Å². The van der Waals surface area contributed by atoms with Crippen LogP contribution in [0.1, 0.15) is 0 Å². The number of aliphatic hydroxyl groups is 1. The molecule has 0 radical (unpaired) electrons. The fourth-order valence-corrected chi connectivity index (χ4v) is 0.255. The van der Waals surface area contributed by atoms with Crippen molar-refractivity contribution in [1.82, 2.24) is 0 Å². The van der Waals surface area contributed by atoms with Gasteiger partial charge >= 0.3 is 41.2 Å². The monoisotopic (exact) mass is 133 g/mol. The number of rotatable bonds is 3. The SMILES string of the molecule is [O]=[Fe][O]CCO. The Morgan fingerprint density at radius 3 is 2.67 bits per heavy atom. The Labute approximate surface area is 42.0 Å². The number of aliphatic hydroxyl groups excluding tert-OH is 1. The minimum absolute atomic E-state index is 0.0672. The van der Waals surface area contributed by atoms with Gasteiger partial charge < -0.3 is 0 Å². The van der Waals surface area contributed by atoms with E-state index in [0.717, 1.165) is 0 Å². The first-order chi connectivity index (χ1) is 2.91. The zero-order valence-corrected chi connectivity index (χ0v) is 4.14. The van der Waals surface area contributed by atoms with Crippen LogP contribution in [0.3, 0.4) is 0 Å². The first-order valence-electron chi connectivity index (χ1n) is 1.39. The van der Waals surface area contributed by atoms with Crippen molar-refractivity contribution in [2.45, 2.75) is 0 Å². The van der Waals surface area contributed by atoms with Crippen LogP contribution in [-0.4, -0.2) is 18.3 Å². The summed E-state index contributed by atoms with van der Waals surface area (Å²) in [6.07, 6.45) is 0. The Balaban J connectivity index is 2.49. The Bertz CT molecular complexity index is 37.8. The number of hydrogen-bond donors (Lipinski definition) is 1. The van der Waals surface area contributed by atoms with Crippen LogP contribution in [-0.2, 0) is 22.9 Å². The summed E-state index contributed by atoms with van der Waals surface area (Å²) >= 11 is -0.555. The van der Waals surface area contributed by atoms with E-state index in [1.807, 2.05) is 0 Å². The van der Waals surface area contributed by atoms with E-state index in [-0.39, 0.29) is 13.2 Å². The first-order valence-corrected chi connectivity index (χ1v) is 2.30. The van der Waals surface area contributed by atoms with Crippen LogP contribution in [0.5, 0.6) is 0 Å². The van der Waals surface area contributed by atoms with Gasteiger partial charge in [-0.2, -0.15) is 0 Å². The summed E-state index contributed by atoms with van der Waals surface area (Å²) in [4.78, 5) is 0. The van der Waals surface area contributed by atoms with E-state index in [1.165, 1.54) is 0 Å². The molecule has 0 aliphatic heterocycles. The van der Waals surface area contributed by atoms with Crippen molar-refractivity contribution in [3.8, 4) is 0 Å². The van der Waals surface area contributed by atoms with E-state index in [0.29, 0.717) is 0 Å². The van der Waals surface area contributed by atoms with Crippen molar-refractivity contribution in [1.29, 1.82) is 0 Å².